The topological polar surface area (TPSA) is 56.1 Å². The summed E-state index contributed by atoms with van der Waals surface area (Å²) in [6.45, 7) is 9.97. The lowest BCUT2D eigenvalue weighted by atomic mass is 10.0. The first-order valence-corrected chi connectivity index (χ1v) is 7.48. The minimum atomic E-state index is -0.559. The Bertz CT molecular complexity index is 500. The van der Waals surface area contributed by atoms with Gasteiger partial charge < -0.3 is 10.2 Å². The largest absolute Gasteiger partial charge is 0.337 e. The zero-order valence-corrected chi connectivity index (χ0v) is 13.4. The minimum Gasteiger partial charge on any atom is -0.337 e. The molecule has 1 aromatic carbocycles. The number of nitrogens with zero attached hydrogens (tertiary/aromatic N) is 2. The van der Waals surface area contributed by atoms with Crippen molar-refractivity contribution < 1.29 is 4.79 Å². The third kappa shape index (κ3) is 4.87. The van der Waals surface area contributed by atoms with Crippen molar-refractivity contribution in [1.82, 2.24) is 10.2 Å². The number of hydrogen-bond donors (Lipinski definition) is 1. The Morgan fingerprint density at radius 3 is 2.38 bits per heavy atom. The lowest BCUT2D eigenvalue weighted by molar-refractivity contribution is -0.137. The second-order valence-corrected chi connectivity index (χ2v) is 5.69. The predicted molar refractivity (Wildman–Crippen MR) is 84.6 cm³/mol. The fourth-order valence-electron chi connectivity index (χ4n) is 2.34. The van der Waals surface area contributed by atoms with Crippen molar-refractivity contribution in [2.75, 3.05) is 13.1 Å². The summed E-state index contributed by atoms with van der Waals surface area (Å²) in [6, 6.07) is 9.51. The number of hydrogen-bond acceptors (Lipinski definition) is 3. The van der Waals surface area contributed by atoms with Gasteiger partial charge in [0.15, 0.2) is 0 Å². The van der Waals surface area contributed by atoms with Crippen molar-refractivity contribution in [3.05, 3.63) is 35.4 Å². The molecule has 1 rings (SSSR count). The highest BCUT2D eigenvalue weighted by molar-refractivity contribution is 5.85. The van der Waals surface area contributed by atoms with Crippen molar-refractivity contribution in [3.8, 4) is 6.07 Å². The second-order valence-electron chi connectivity index (χ2n) is 5.69. The molecule has 0 aliphatic heterocycles. The molecule has 21 heavy (non-hydrogen) atoms. The van der Waals surface area contributed by atoms with Crippen LogP contribution in [0.4, 0.5) is 0 Å². The van der Waals surface area contributed by atoms with Gasteiger partial charge in [-0.3, -0.25) is 4.79 Å². The van der Waals surface area contributed by atoms with Gasteiger partial charge in [-0.25, -0.2) is 0 Å². The maximum atomic E-state index is 12.7. The van der Waals surface area contributed by atoms with Crippen LogP contribution >= 0.6 is 0 Å². The van der Waals surface area contributed by atoms with Gasteiger partial charge in [0.2, 0.25) is 5.91 Å². The molecule has 4 nitrogen and oxygen atoms in total. The van der Waals surface area contributed by atoms with E-state index in [4.69, 9.17) is 5.26 Å². The quantitative estimate of drug-likeness (QED) is 0.839. The van der Waals surface area contributed by atoms with E-state index in [1.165, 1.54) is 0 Å². The van der Waals surface area contributed by atoms with Gasteiger partial charge in [0.05, 0.1) is 17.2 Å². The van der Waals surface area contributed by atoms with Crippen LogP contribution in [-0.4, -0.2) is 29.4 Å². The van der Waals surface area contributed by atoms with Crippen LogP contribution in [0.1, 0.15) is 45.2 Å². The van der Waals surface area contributed by atoms with Crippen LogP contribution in [0.3, 0.4) is 0 Å². The van der Waals surface area contributed by atoms with Crippen molar-refractivity contribution in [2.45, 2.75) is 46.2 Å². The Labute approximate surface area is 127 Å². The number of likely N-dealkylation sites (N-methyl/N-ethyl adjacent to an activating group) is 1. The van der Waals surface area contributed by atoms with Crippen LogP contribution in [0.25, 0.3) is 0 Å². The first-order chi connectivity index (χ1) is 9.94. The first-order valence-electron chi connectivity index (χ1n) is 7.48. The van der Waals surface area contributed by atoms with E-state index in [0.717, 1.165) is 25.1 Å². The molecule has 0 spiro atoms. The van der Waals surface area contributed by atoms with Gasteiger partial charge in [-0.05, 0) is 44.5 Å². The predicted octanol–water partition coefficient (Wildman–Crippen LogP) is 2.68. The van der Waals surface area contributed by atoms with E-state index >= 15 is 0 Å². The van der Waals surface area contributed by atoms with Crippen molar-refractivity contribution >= 4 is 5.91 Å². The van der Waals surface area contributed by atoms with Crippen LogP contribution in [0.2, 0.25) is 0 Å². The van der Waals surface area contributed by atoms with Gasteiger partial charge in [0.1, 0.15) is 0 Å². The number of nitrogens with one attached hydrogen (secondary N) is 1. The molecule has 0 heterocycles. The average Bonchev–Trinajstić information content (AvgIpc) is 2.46. The van der Waals surface area contributed by atoms with E-state index in [1.807, 2.05) is 37.8 Å². The zero-order valence-electron chi connectivity index (χ0n) is 13.4. The number of amides is 1. The summed E-state index contributed by atoms with van der Waals surface area (Å²) in [4.78, 5) is 14.6. The lowest BCUT2D eigenvalue weighted by Gasteiger charge is -2.32. The summed E-state index contributed by atoms with van der Waals surface area (Å²) in [7, 11) is 0. The van der Waals surface area contributed by atoms with Gasteiger partial charge in [-0.2, -0.15) is 5.26 Å². The maximum absolute atomic E-state index is 12.7. The average molecular weight is 287 g/mol. The highest BCUT2D eigenvalue weighted by Gasteiger charge is 2.30. The molecule has 0 radical (unpaired) electrons. The number of carbonyl (C=O) groups excluding carboxylic acids is 1. The third-order valence-corrected chi connectivity index (χ3v) is 3.39. The van der Waals surface area contributed by atoms with Gasteiger partial charge in [0, 0.05) is 13.1 Å². The first kappa shape index (κ1) is 17.2. The van der Waals surface area contributed by atoms with E-state index in [9.17, 15) is 4.79 Å². The van der Waals surface area contributed by atoms with E-state index in [0.29, 0.717) is 12.1 Å². The smallest absolute Gasteiger partial charge is 0.242 e. The summed E-state index contributed by atoms with van der Waals surface area (Å²) in [5.41, 5.74) is 1.12. The van der Waals surface area contributed by atoms with E-state index in [2.05, 4.69) is 18.3 Å². The van der Waals surface area contributed by atoms with Crippen LogP contribution in [0.15, 0.2) is 24.3 Å². The molecule has 0 saturated carbocycles. The molecule has 0 aliphatic carbocycles. The summed E-state index contributed by atoms with van der Waals surface area (Å²) in [6.07, 6.45) is 0.921. The van der Waals surface area contributed by atoms with Gasteiger partial charge in [0.25, 0.3) is 0 Å². The Morgan fingerprint density at radius 1 is 1.29 bits per heavy atom. The Morgan fingerprint density at radius 2 is 1.90 bits per heavy atom. The normalized spacial score (nSPS) is 11.0. The number of carbonyl (C=O) groups is 1. The van der Waals surface area contributed by atoms with Crippen molar-refractivity contribution in [2.24, 2.45) is 0 Å². The number of rotatable bonds is 7. The van der Waals surface area contributed by atoms with Gasteiger partial charge in [-0.1, -0.05) is 26.0 Å². The third-order valence-electron chi connectivity index (χ3n) is 3.39. The Hall–Kier alpha value is -1.86. The summed E-state index contributed by atoms with van der Waals surface area (Å²) in [5.74, 6) is 0.107. The molecule has 1 N–H and O–H groups in total. The zero-order chi connectivity index (χ0) is 15.9. The Balaban J connectivity index is 2.86. The molecule has 0 aliphatic rings. The highest BCUT2D eigenvalue weighted by atomic mass is 16.2. The maximum Gasteiger partial charge on any atom is 0.242 e. The van der Waals surface area contributed by atoms with Crippen molar-refractivity contribution in [3.63, 3.8) is 0 Å². The Kier molecular flexibility index (Phi) is 6.39. The number of nitriles is 1. The molecule has 1 aromatic rings. The molecule has 0 aromatic heterocycles. The van der Waals surface area contributed by atoms with Crippen LogP contribution in [-0.2, 0) is 11.3 Å². The van der Waals surface area contributed by atoms with Gasteiger partial charge >= 0.3 is 0 Å². The minimum absolute atomic E-state index is 0.107. The fraction of sp³-hybridized carbons (Fsp3) is 0.529. The molecule has 0 atom stereocenters. The highest BCUT2D eigenvalue weighted by Crippen LogP contribution is 2.13. The molecule has 114 valence electrons. The fourth-order valence-corrected chi connectivity index (χ4v) is 2.34. The number of benzene rings is 1. The van der Waals surface area contributed by atoms with Crippen LogP contribution in [0, 0.1) is 11.3 Å². The standard InChI is InChI=1S/C17H25N3O/c1-5-11-20(16(21)17(3,4)19-6-2)13-15-9-7-14(12-18)8-10-15/h7-10,19H,5-6,11,13H2,1-4H3. The molecule has 0 unspecified atom stereocenters. The molecular formula is C17H25N3O. The summed E-state index contributed by atoms with van der Waals surface area (Å²) < 4.78 is 0. The molecule has 0 bridgehead atoms. The molecule has 4 heteroatoms. The summed E-state index contributed by atoms with van der Waals surface area (Å²) >= 11 is 0. The van der Waals surface area contributed by atoms with E-state index < -0.39 is 5.54 Å². The summed E-state index contributed by atoms with van der Waals surface area (Å²) in [5, 5.41) is 12.1. The lowest BCUT2D eigenvalue weighted by Crippen LogP contribution is -2.54. The van der Waals surface area contributed by atoms with E-state index in [-0.39, 0.29) is 5.91 Å². The molecular weight excluding hydrogens is 262 g/mol. The SMILES string of the molecule is CCCN(Cc1ccc(C#N)cc1)C(=O)C(C)(C)NCC. The van der Waals surface area contributed by atoms with E-state index in [1.54, 1.807) is 12.1 Å². The molecule has 0 saturated heterocycles. The van der Waals surface area contributed by atoms with Crippen LogP contribution in [0.5, 0.6) is 0 Å². The van der Waals surface area contributed by atoms with Gasteiger partial charge in [-0.15, -0.1) is 0 Å². The van der Waals surface area contributed by atoms with Crippen LogP contribution < -0.4 is 5.32 Å². The second kappa shape index (κ2) is 7.80. The molecule has 1 amide bonds. The molecule has 0 fully saturated rings. The van der Waals surface area contributed by atoms with Crippen molar-refractivity contribution in [1.29, 1.82) is 5.26 Å². The monoisotopic (exact) mass is 287 g/mol.